The van der Waals surface area contributed by atoms with Gasteiger partial charge in [-0.25, -0.2) is 14.8 Å². The Bertz CT molecular complexity index is 1040. The van der Waals surface area contributed by atoms with Crippen molar-refractivity contribution in [2.75, 3.05) is 6.54 Å². The van der Waals surface area contributed by atoms with E-state index in [1.165, 1.54) is 0 Å². The van der Waals surface area contributed by atoms with Crippen LogP contribution in [-0.2, 0) is 38.6 Å². The normalized spacial score (nSPS) is 17.1. The largest absolute Gasteiger partial charge is 0.445 e. The molecule has 10 heteroatoms. The van der Waals surface area contributed by atoms with Crippen LogP contribution in [0.5, 0.6) is 0 Å². The Hall–Kier alpha value is -3.82. The predicted molar refractivity (Wildman–Crippen MR) is 127 cm³/mol. The lowest BCUT2D eigenvalue weighted by atomic mass is 10.0. The number of amides is 3. The van der Waals surface area contributed by atoms with Crippen molar-refractivity contribution >= 4 is 23.7 Å². The number of aryl methyl sites for hydroxylation is 1. The number of Topliss-reactive ketones (excluding diaryl/α,β-unsaturated/α-hetero) is 1. The van der Waals surface area contributed by atoms with E-state index in [0.717, 1.165) is 5.56 Å². The molecule has 1 aliphatic rings. The molecule has 3 rings (SSSR count). The van der Waals surface area contributed by atoms with Crippen LogP contribution < -0.4 is 16.0 Å². The maximum atomic E-state index is 13.2. The first-order chi connectivity index (χ1) is 16.8. The Morgan fingerprint density at radius 3 is 2.69 bits per heavy atom. The number of hydrogen-bond donors (Lipinski definition) is 3. The van der Waals surface area contributed by atoms with Gasteiger partial charge >= 0.3 is 6.09 Å². The van der Waals surface area contributed by atoms with Crippen molar-refractivity contribution in [3.8, 4) is 0 Å². The monoisotopic (exact) mass is 481 g/mol. The molecule has 1 aliphatic heterocycles. The van der Waals surface area contributed by atoms with Crippen molar-refractivity contribution in [1.82, 2.24) is 25.9 Å². The van der Waals surface area contributed by atoms with E-state index in [2.05, 4.69) is 25.9 Å². The van der Waals surface area contributed by atoms with Gasteiger partial charge in [-0.15, -0.1) is 0 Å². The Morgan fingerprint density at radius 1 is 1.17 bits per heavy atom. The molecule has 2 heterocycles. The van der Waals surface area contributed by atoms with E-state index in [0.29, 0.717) is 37.3 Å². The molecule has 2 aromatic rings. The van der Waals surface area contributed by atoms with Gasteiger partial charge in [0, 0.05) is 31.3 Å². The van der Waals surface area contributed by atoms with Crippen LogP contribution in [0.15, 0.2) is 42.6 Å². The summed E-state index contributed by atoms with van der Waals surface area (Å²) in [4.78, 5) is 59.4. The fourth-order valence-corrected chi connectivity index (χ4v) is 3.67. The summed E-state index contributed by atoms with van der Waals surface area (Å²) in [6.45, 7) is 4.17. The molecule has 1 aromatic carbocycles. The lowest BCUT2D eigenvalue weighted by Crippen LogP contribution is -2.55. The van der Waals surface area contributed by atoms with Crippen molar-refractivity contribution in [3.63, 3.8) is 0 Å². The molecule has 10 nitrogen and oxygen atoms in total. The fraction of sp³-hybridized carbons (Fsp3) is 0.440. The van der Waals surface area contributed by atoms with Gasteiger partial charge in [0.25, 0.3) is 5.91 Å². The second kappa shape index (κ2) is 12.6. The second-order valence-corrected chi connectivity index (χ2v) is 8.84. The lowest BCUT2D eigenvalue weighted by Gasteiger charge is -2.23. The first kappa shape index (κ1) is 25.8. The molecule has 3 amide bonds. The molecule has 0 spiro atoms. The van der Waals surface area contributed by atoms with Crippen molar-refractivity contribution in [1.29, 1.82) is 0 Å². The van der Waals surface area contributed by atoms with E-state index >= 15 is 0 Å². The third-order valence-electron chi connectivity index (χ3n) is 5.42. The summed E-state index contributed by atoms with van der Waals surface area (Å²) >= 11 is 0. The summed E-state index contributed by atoms with van der Waals surface area (Å²) in [5.41, 5.74) is 1.35. The number of carbonyl (C=O) groups excluding carboxylic acids is 4. The minimum absolute atomic E-state index is 0.0281. The minimum Gasteiger partial charge on any atom is -0.445 e. The zero-order valence-corrected chi connectivity index (χ0v) is 20.0. The maximum absolute atomic E-state index is 13.2. The number of nitrogens with zero attached hydrogens (tertiary/aromatic N) is 2. The first-order valence-electron chi connectivity index (χ1n) is 11.7. The number of alkyl carbamates (subject to hydrolysis) is 1. The number of aromatic nitrogens is 2. The number of hydrogen-bond acceptors (Lipinski definition) is 7. The van der Waals surface area contributed by atoms with Gasteiger partial charge in [0.15, 0.2) is 0 Å². The molecule has 0 radical (unpaired) electrons. The molecule has 186 valence electrons. The van der Waals surface area contributed by atoms with Crippen molar-refractivity contribution in [3.05, 3.63) is 59.7 Å². The molecular formula is C25H31N5O5. The summed E-state index contributed by atoms with van der Waals surface area (Å²) in [6, 6.07) is 8.73. The highest BCUT2D eigenvalue weighted by atomic mass is 16.5. The summed E-state index contributed by atoms with van der Waals surface area (Å²) < 4.78 is 5.25. The van der Waals surface area contributed by atoms with E-state index in [4.69, 9.17) is 4.74 Å². The summed E-state index contributed by atoms with van der Waals surface area (Å²) in [5, 5.41) is 7.82. The number of ketones is 1. The molecule has 0 aliphatic carbocycles. The minimum atomic E-state index is -1.14. The molecular weight excluding hydrogens is 450 g/mol. The van der Waals surface area contributed by atoms with Crippen LogP contribution in [0.3, 0.4) is 0 Å². The highest BCUT2D eigenvalue weighted by molar-refractivity contribution is 6.38. The van der Waals surface area contributed by atoms with Gasteiger partial charge in [-0.2, -0.15) is 0 Å². The fourth-order valence-electron chi connectivity index (χ4n) is 3.67. The Kier molecular flexibility index (Phi) is 9.28. The molecule has 2 bridgehead atoms. The average molecular weight is 482 g/mol. The maximum Gasteiger partial charge on any atom is 0.408 e. The van der Waals surface area contributed by atoms with Crippen LogP contribution in [0.25, 0.3) is 0 Å². The summed E-state index contributed by atoms with van der Waals surface area (Å²) in [6.07, 6.45) is 2.34. The van der Waals surface area contributed by atoms with Gasteiger partial charge in [-0.05, 0) is 30.4 Å². The van der Waals surface area contributed by atoms with E-state index in [1.54, 1.807) is 12.3 Å². The zero-order chi connectivity index (χ0) is 25.2. The van der Waals surface area contributed by atoms with E-state index in [-0.39, 0.29) is 18.9 Å². The molecule has 2 atom stereocenters. The predicted octanol–water partition coefficient (Wildman–Crippen LogP) is 1.48. The molecule has 35 heavy (non-hydrogen) atoms. The van der Waals surface area contributed by atoms with Gasteiger partial charge in [-0.3, -0.25) is 14.4 Å². The molecule has 2 unspecified atom stereocenters. The zero-order valence-electron chi connectivity index (χ0n) is 20.0. The molecule has 0 fully saturated rings. The second-order valence-electron chi connectivity index (χ2n) is 8.84. The van der Waals surface area contributed by atoms with Crippen LogP contribution >= 0.6 is 0 Å². The van der Waals surface area contributed by atoms with Crippen LogP contribution in [-0.4, -0.2) is 52.3 Å². The highest BCUT2D eigenvalue weighted by Gasteiger charge is 2.31. The Balaban J connectivity index is 1.70. The summed E-state index contributed by atoms with van der Waals surface area (Å²) in [5.74, 6) is -1.44. The number of fused-ring (bicyclic) bond motifs is 2. The van der Waals surface area contributed by atoms with E-state index in [1.807, 2.05) is 44.2 Å². The molecule has 0 saturated carbocycles. The SMILES string of the molecule is CC(C)CC(NC(=O)OCc1ccccc1)C(=O)NC1Cc2ccnc(n2)CCCNC(=O)C1=O. The third kappa shape index (κ3) is 8.16. The average Bonchev–Trinajstić information content (AvgIpc) is 2.85. The van der Waals surface area contributed by atoms with E-state index in [9.17, 15) is 19.2 Å². The van der Waals surface area contributed by atoms with Crippen molar-refractivity contribution < 1.29 is 23.9 Å². The van der Waals surface area contributed by atoms with Crippen LogP contribution in [0.2, 0.25) is 0 Å². The van der Waals surface area contributed by atoms with Gasteiger partial charge < -0.3 is 20.7 Å². The lowest BCUT2D eigenvalue weighted by molar-refractivity contribution is -0.140. The van der Waals surface area contributed by atoms with Crippen molar-refractivity contribution in [2.45, 2.75) is 58.2 Å². The standard InChI is InChI=1S/C25H31N5O5/c1-16(2)13-20(30-25(34)35-15-17-7-4-3-5-8-17)23(32)29-19-14-18-10-12-26-21(28-18)9-6-11-27-24(33)22(19)31/h3-5,7-8,10,12,16,19-20H,6,9,11,13-15H2,1-2H3,(H,27,33)(H,29,32)(H,30,34). The van der Waals surface area contributed by atoms with Crippen molar-refractivity contribution in [2.24, 2.45) is 5.92 Å². The number of rotatable bonds is 7. The molecule has 1 aromatic heterocycles. The van der Waals surface area contributed by atoms with Crippen LogP contribution in [0.4, 0.5) is 4.79 Å². The number of carbonyl (C=O) groups is 4. The smallest absolute Gasteiger partial charge is 0.408 e. The van der Waals surface area contributed by atoms with Crippen LogP contribution in [0.1, 0.15) is 43.8 Å². The topological polar surface area (TPSA) is 139 Å². The Labute approximate surface area is 204 Å². The number of ether oxygens (including phenoxy) is 1. The van der Waals surface area contributed by atoms with Gasteiger partial charge in [0.2, 0.25) is 11.7 Å². The summed E-state index contributed by atoms with van der Waals surface area (Å²) in [7, 11) is 0. The Morgan fingerprint density at radius 2 is 1.94 bits per heavy atom. The van der Waals surface area contributed by atoms with Gasteiger partial charge in [0.1, 0.15) is 24.5 Å². The van der Waals surface area contributed by atoms with E-state index < -0.39 is 35.8 Å². The molecule has 3 N–H and O–H groups in total. The third-order valence-corrected chi connectivity index (χ3v) is 5.42. The van der Waals surface area contributed by atoms with Gasteiger partial charge in [-0.1, -0.05) is 44.2 Å². The number of nitrogens with one attached hydrogen (secondary N) is 3. The number of benzene rings is 1. The quantitative estimate of drug-likeness (QED) is 0.509. The van der Waals surface area contributed by atoms with Crippen LogP contribution in [0, 0.1) is 5.92 Å². The van der Waals surface area contributed by atoms with Gasteiger partial charge in [0.05, 0.1) is 0 Å². The molecule has 0 saturated heterocycles. The first-order valence-corrected chi connectivity index (χ1v) is 11.7. The highest BCUT2D eigenvalue weighted by Crippen LogP contribution is 2.10.